The Balaban J connectivity index is 0.00000420. The summed E-state index contributed by atoms with van der Waals surface area (Å²) in [5, 5.41) is 18.4. The third-order valence-electron chi connectivity index (χ3n) is 5.45. The van der Waals surface area contributed by atoms with E-state index >= 15 is 0 Å². The van der Waals surface area contributed by atoms with Crippen LogP contribution in [0.25, 0.3) is 10.4 Å². The second-order valence-corrected chi connectivity index (χ2v) is 10.1. The summed E-state index contributed by atoms with van der Waals surface area (Å²) in [6.45, 7) is 1.85. The first-order chi connectivity index (χ1) is 18.0. The molecule has 2 amide bonds. The number of aromatic nitrogens is 1. The van der Waals surface area contributed by atoms with Crippen molar-refractivity contribution in [1.82, 2.24) is 15.3 Å². The second-order valence-electron chi connectivity index (χ2n) is 8.17. The molecular weight excluding hydrogens is 577 g/mol. The number of rotatable bonds is 7. The van der Waals surface area contributed by atoms with Gasteiger partial charge in [0, 0.05) is 23.7 Å². The molecule has 0 fully saturated rings. The number of thiophene rings is 2. The Morgan fingerprint density at radius 3 is 2.41 bits per heavy atom. The molecule has 7 nitrogen and oxygen atoms in total. The van der Waals surface area contributed by atoms with Crippen molar-refractivity contribution >= 4 is 40.2 Å². The van der Waals surface area contributed by atoms with Crippen LogP contribution in [-0.4, -0.2) is 34.5 Å². The van der Waals surface area contributed by atoms with Gasteiger partial charge in [-0.3, -0.25) is 14.6 Å². The van der Waals surface area contributed by atoms with E-state index in [1.165, 1.54) is 30.0 Å². The van der Waals surface area contributed by atoms with Gasteiger partial charge < -0.3 is 10.0 Å². The average molecular weight is 597 g/mol. The normalized spacial score (nSPS) is 11.6. The number of carbonyl (C=O) groups excluding carboxylic acids is 2. The summed E-state index contributed by atoms with van der Waals surface area (Å²) in [4.78, 5) is 31.9. The molecule has 0 aliphatic carbocycles. The molecule has 0 unspecified atom stereocenters. The zero-order valence-electron chi connectivity index (χ0n) is 21.1. The fourth-order valence-electron chi connectivity index (χ4n) is 3.43. The number of carbonyl (C=O) groups is 2. The van der Waals surface area contributed by atoms with Crippen molar-refractivity contribution in [1.29, 1.82) is 0 Å². The standard InChI is InChI=1S/C26H21F3N4O3S2.K/c1-15(19-14-37-23(22(19)34)16-6-8-17(9-7-16)26(27,28)29)31-32-24(35)20-10-11-21(38-20)25(36)33(2)13-18-5-3-4-12-30-18;/h3-12,14,34H,13H2,1-2H3,(H,32,35);/q;+1/p-1/b31-15+;. The number of alkyl halides is 3. The van der Waals surface area contributed by atoms with Gasteiger partial charge >= 0.3 is 57.6 Å². The molecule has 39 heavy (non-hydrogen) atoms. The van der Waals surface area contributed by atoms with Crippen molar-refractivity contribution in [2.45, 2.75) is 19.6 Å². The zero-order valence-corrected chi connectivity index (χ0v) is 25.8. The summed E-state index contributed by atoms with van der Waals surface area (Å²) >= 11 is 2.09. The van der Waals surface area contributed by atoms with Gasteiger partial charge in [-0.2, -0.15) is 18.3 Å². The molecule has 0 bridgehead atoms. The Morgan fingerprint density at radius 2 is 1.77 bits per heavy atom. The topological polar surface area (TPSA) is 97.7 Å². The van der Waals surface area contributed by atoms with Gasteiger partial charge in [0.25, 0.3) is 11.8 Å². The molecule has 0 atom stereocenters. The minimum Gasteiger partial charge on any atom is -0.871 e. The summed E-state index contributed by atoms with van der Waals surface area (Å²) in [5.74, 6) is -1.21. The molecule has 0 saturated heterocycles. The van der Waals surface area contributed by atoms with E-state index in [0.29, 0.717) is 17.0 Å². The molecule has 0 radical (unpaired) electrons. The van der Waals surface area contributed by atoms with Crippen molar-refractivity contribution < 1.29 is 79.3 Å². The summed E-state index contributed by atoms with van der Waals surface area (Å²) < 4.78 is 38.4. The van der Waals surface area contributed by atoms with Crippen molar-refractivity contribution in [2.24, 2.45) is 5.10 Å². The third-order valence-corrected chi connectivity index (χ3v) is 7.53. The smallest absolute Gasteiger partial charge is 0.871 e. The van der Waals surface area contributed by atoms with E-state index in [9.17, 15) is 27.9 Å². The van der Waals surface area contributed by atoms with Gasteiger partial charge in [-0.1, -0.05) is 23.9 Å². The second kappa shape index (κ2) is 13.3. The van der Waals surface area contributed by atoms with Crippen LogP contribution in [0.2, 0.25) is 0 Å². The minimum absolute atomic E-state index is 0. The van der Waals surface area contributed by atoms with Crippen LogP contribution < -0.4 is 61.9 Å². The Morgan fingerprint density at radius 1 is 1.08 bits per heavy atom. The monoisotopic (exact) mass is 596 g/mol. The first kappa shape index (κ1) is 31.1. The first-order valence-corrected chi connectivity index (χ1v) is 12.8. The van der Waals surface area contributed by atoms with Crippen molar-refractivity contribution in [3.8, 4) is 16.2 Å². The molecule has 3 aromatic heterocycles. The van der Waals surface area contributed by atoms with Crippen LogP contribution in [0.1, 0.15) is 43.1 Å². The largest absolute Gasteiger partial charge is 1.00 e. The minimum atomic E-state index is -4.47. The van der Waals surface area contributed by atoms with Gasteiger partial charge in [-0.05, 0) is 54.3 Å². The molecule has 0 spiro atoms. The maximum absolute atomic E-state index is 12.8. The summed E-state index contributed by atoms with van der Waals surface area (Å²) in [6.07, 6.45) is -2.82. The van der Waals surface area contributed by atoms with Crippen LogP contribution in [-0.2, 0) is 12.7 Å². The van der Waals surface area contributed by atoms with E-state index in [0.717, 1.165) is 40.5 Å². The van der Waals surface area contributed by atoms with Crippen molar-refractivity contribution in [3.05, 3.63) is 92.7 Å². The predicted molar refractivity (Wildman–Crippen MR) is 138 cm³/mol. The number of nitrogens with one attached hydrogen (secondary N) is 1. The molecule has 196 valence electrons. The maximum atomic E-state index is 12.8. The summed E-state index contributed by atoms with van der Waals surface area (Å²) in [6, 6.07) is 12.8. The molecule has 1 aromatic carbocycles. The molecule has 4 aromatic rings. The van der Waals surface area contributed by atoms with Crippen LogP contribution >= 0.6 is 22.7 Å². The Bertz CT molecular complexity index is 1490. The van der Waals surface area contributed by atoms with Crippen LogP contribution in [0.4, 0.5) is 13.2 Å². The number of hydrazone groups is 1. The quantitative estimate of drug-likeness (QED) is 0.201. The number of hydrogen-bond donors (Lipinski definition) is 1. The van der Waals surface area contributed by atoms with Crippen LogP contribution in [0.15, 0.2) is 71.3 Å². The van der Waals surface area contributed by atoms with E-state index in [-0.39, 0.29) is 78.3 Å². The molecule has 0 aliphatic heterocycles. The molecule has 0 saturated carbocycles. The van der Waals surface area contributed by atoms with Gasteiger partial charge in [0.2, 0.25) is 0 Å². The number of halogens is 3. The van der Waals surface area contributed by atoms with Gasteiger partial charge in [-0.15, -0.1) is 22.7 Å². The number of pyridine rings is 1. The fourth-order valence-corrected chi connectivity index (χ4v) is 5.32. The van der Waals surface area contributed by atoms with Gasteiger partial charge in [0.05, 0.1) is 33.3 Å². The molecular formula is C26H20F3KN4O3S2. The molecule has 1 N–H and O–H groups in total. The maximum Gasteiger partial charge on any atom is 1.00 e. The predicted octanol–water partition coefficient (Wildman–Crippen LogP) is 2.39. The molecule has 4 rings (SSSR count). The van der Waals surface area contributed by atoms with Gasteiger partial charge in [0.15, 0.2) is 0 Å². The fraction of sp³-hybridized carbons (Fsp3) is 0.154. The average Bonchev–Trinajstić information content (AvgIpc) is 3.54. The first-order valence-electron chi connectivity index (χ1n) is 11.1. The third kappa shape index (κ3) is 7.63. The van der Waals surface area contributed by atoms with Crippen LogP contribution in [0, 0.1) is 0 Å². The summed E-state index contributed by atoms with van der Waals surface area (Å²) in [7, 11) is 1.64. The number of nitrogens with zero attached hydrogens (tertiary/aromatic N) is 3. The molecule has 3 heterocycles. The SMILES string of the molecule is C/C(=N\NC(=O)c1ccc(C(=O)N(C)Cc2ccccn2)s1)c1csc(-c2ccc(C(F)(F)F)cc2)c1[O-].[K+]. The number of amides is 2. The summed E-state index contributed by atoms with van der Waals surface area (Å²) in [5.41, 5.74) is 3.14. The van der Waals surface area contributed by atoms with E-state index in [1.807, 2.05) is 12.1 Å². The van der Waals surface area contributed by atoms with Crippen molar-refractivity contribution in [2.75, 3.05) is 7.05 Å². The number of hydrogen-bond acceptors (Lipinski definition) is 7. The Hall–Kier alpha value is -2.39. The molecule has 13 heteroatoms. The Labute approximate surface area is 272 Å². The zero-order chi connectivity index (χ0) is 27.4. The van der Waals surface area contributed by atoms with E-state index in [1.54, 1.807) is 30.8 Å². The van der Waals surface area contributed by atoms with Gasteiger partial charge in [-0.25, -0.2) is 5.43 Å². The van der Waals surface area contributed by atoms with Crippen LogP contribution in [0.5, 0.6) is 5.75 Å². The van der Waals surface area contributed by atoms with Crippen molar-refractivity contribution in [3.63, 3.8) is 0 Å². The number of benzene rings is 1. The van der Waals surface area contributed by atoms with E-state index in [2.05, 4.69) is 15.5 Å². The molecule has 0 aliphatic rings. The van der Waals surface area contributed by atoms with Gasteiger partial charge in [0.1, 0.15) is 0 Å². The van der Waals surface area contributed by atoms with E-state index < -0.39 is 23.4 Å². The van der Waals surface area contributed by atoms with Crippen LogP contribution in [0.3, 0.4) is 0 Å². The Kier molecular flexibility index (Phi) is 10.6. The van der Waals surface area contributed by atoms with E-state index in [4.69, 9.17) is 0 Å².